The molecule has 1 atom stereocenters. The van der Waals surface area contributed by atoms with Crippen LogP contribution in [0.5, 0.6) is 0 Å². The maximum atomic E-state index is 6.40. The Kier molecular flexibility index (Phi) is 4.61. The van der Waals surface area contributed by atoms with Crippen molar-refractivity contribution in [2.24, 2.45) is 0 Å². The molecule has 2 rings (SSSR count). The maximum absolute atomic E-state index is 6.40. The first-order valence-electron chi connectivity index (χ1n) is 6.66. The van der Waals surface area contributed by atoms with Gasteiger partial charge < -0.3 is 9.88 Å². The minimum Gasteiger partial charge on any atom is -0.310 e. The van der Waals surface area contributed by atoms with Crippen LogP contribution < -0.4 is 5.32 Å². The van der Waals surface area contributed by atoms with Gasteiger partial charge in [-0.2, -0.15) is 0 Å². The minimum atomic E-state index is 0.269. The highest BCUT2D eigenvalue weighted by molar-refractivity contribution is 6.31. The number of nitrogens with one attached hydrogen (secondary N) is 1. The van der Waals surface area contributed by atoms with E-state index in [1.165, 1.54) is 0 Å². The van der Waals surface area contributed by atoms with Crippen molar-refractivity contribution in [2.45, 2.75) is 33.2 Å². The average molecular weight is 278 g/mol. The van der Waals surface area contributed by atoms with Gasteiger partial charge in [0.2, 0.25) is 0 Å². The number of hydrogen-bond donors (Lipinski definition) is 1. The molecule has 0 amide bonds. The third-order valence-electron chi connectivity index (χ3n) is 3.25. The highest BCUT2D eigenvalue weighted by atomic mass is 35.5. The van der Waals surface area contributed by atoms with Gasteiger partial charge in [0.1, 0.15) is 5.82 Å². The molecule has 1 heterocycles. The summed E-state index contributed by atoms with van der Waals surface area (Å²) in [5.41, 5.74) is 2.18. The molecule has 3 nitrogen and oxygen atoms in total. The standard InChI is InChI=1S/C15H20ClN3/c1-4-7-17-11(2)14-6-5-13(10-15(14)16)19-9-8-18-12(19)3/h5-6,8-11,17H,4,7H2,1-3H3. The van der Waals surface area contributed by atoms with E-state index in [-0.39, 0.29) is 6.04 Å². The SMILES string of the molecule is CCCNC(C)c1ccc(-n2ccnc2C)cc1Cl. The van der Waals surface area contributed by atoms with E-state index in [2.05, 4.69) is 36.3 Å². The lowest BCUT2D eigenvalue weighted by atomic mass is 10.1. The van der Waals surface area contributed by atoms with Crippen LogP contribution in [-0.2, 0) is 0 Å². The number of imidazole rings is 1. The van der Waals surface area contributed by atoms with Crippen LogP contribution in [0, 0.1) is 6.92 Å². The Morgan fingerprint density at radius 2 is 2.21 bits per heavy atom. The topological polar surface area (TPSA) is 29.9 Å². The van der Waals surface area contributed by atoms with Gasteiger partial charge in [-0.3, -0.25) is 0 Å². The van der Waals surface area contributed by atoms with E-state index in [0.29, 0.717) is 0 Å². The van der Waals surface area contributed by atoms with Crippen molar-refractivity contribution >= 4 is 11.6 Å². The van der Waals surface area contributed by atoms with Gasteiger partial charge in [0.05, 0.1) is 0 Å². The van der Waals surface area contributed by atoms with Gasteiger partial charge in [-0.05, 0) is 44.5 Å². The lowest BCUT2D eigenvalue weighted by Gasteiger charge is -2.16. The number of aryl methyl sites for hydroxylation is 1. The predicted octanol–water partition coefficient (Wildman–Crippen LogP) is 3.89. The Morgan fingerprint density at radius 3 is 2.79 bits per heavy atom. The van der Waals surface area contributed by atoms with Crippen molar-refractivity contribution in [3.8, 4) is 5.69 Å². The summed E-state index contributed by atoms with van der Waals surface area (Å²) in [6.45, 7) is 7.28. The van der Waals surface area contributed by atoms with Crippen molar-refractivity contribution in [1.29, 1.82) is 0 Å². The molecule has 0 aliphatic rings. The number of hydrogen-bond acceptors (Lipinski definition) is 2. The van der Waals surface area contributed by atoms with Crippen molar-refractivity contribution in [3.05, 3.63) is 47.0 Å². The van der Waals surface area contributed by atoms with Gasteiger partial charge in [-0.1, -0.05) is 24.6 Å². The molecule has 0 radical (unpaired) electrons. The van der Waals surface area contributed by atoms with E-state index in [1.54, 1.807) is 6.20 Å². The van der Waals surface area contributed by atoms with Crippen LogP contribution in [0.25, 0.3) is 5.69 Å². The van der Waals surface area contributed by atoms with E-state index in [0.717, 1.165) is 35.1 Å². The van der Waals surface area contributed by atoms with Crippen LogP contribution in [0.15, 0.2) is 30.6 Å². The van der Waals surface area contributed by atoms with Crippen LogP contribution >= 0.6 is 11.6 Å². The fraction of sp³-hybridized carbons (Fsp3) is 0.400. The second-order valence-corrected chi connectivity index (χ2v) is 5.13. The molecule has 0 fully saturated rings. The number of benzene rings is 1. The van der Waals surface area contributed by atoms with Crippen molar-refractivity contribution < 1.29 is 0 Å². The molecule has 4 heteroatoms. The summed E-state index contributed by atoms with van der Waals surface area (Å²) in [7, 11) is 0. The first kappa shape index (κ1) is 14.1. The Labute approximate surface area is 119 Å². The summed E-state index contributed by atoms with van der Waals surface area (Å²) in [5, 5.41) is 4.24. The molecular formula is C15H20ClN3. The van der Waals surface area contributed by atoms with E-state index in [1.807, 2.05) is 23.8 Å². The molecule has 0 bridgehead atoms. The second kappa shape index (κ2) is 6.22. The molecule has 1 unspecified atom stereocenters. The van der Waals surface area contributed by atoms with Crippen molar-refractivity contribution in [2.75, 3.05) is 6.54 Å². The molecule has 1 aromatic carbocycles. The molecule has 0 spiro atoms. The molecule has 0 saturated carbocycles. The quantitative estimate of drug-likeness (QED) is 0.898. The van der Waals surface area contributed by atoms with E-state index in [9.17, 15) is 0 Å². The molecule has 2 aromatic rings. The zero-order valence-electron chi connectivity index (χ0n) is 11.7. The Balaban J connectivity index is 2.25. The molecule has 19 heavy (non-hydrogen) atoms. The van der Waals surface area contributed by atoms with Gasteiger partial charge in [0, 0.05) is 29.1 Å². The van der Waals surface area contributed by atoms with Gasteiger partial charge in [-0.15, -0.1) is 0 Å². The maximum Gasteiger partial charge on any atom is 0.110 e. The first-order chi connectivity index (χ1) is 9.13. The van der Waals surface area contributed by atoms with E-state index < -0.39 is 0 Å². The highest BCUT2D eigenvalue weighted by Gasteiger charge is 2.10. The number of aromatic nitrogens is 2. The lowest BCUT2D eigenvalue weighted by Crippen LogP contribution is -2.19. The largest absolute Gasteiger partial charge is 0.310 e. The lowest BCUT2D eigenvalue weighted by molar-refractivity contribution is 0.571. The number of rotatable bonds is 5. The normalized spacial score (nSPS) is 12.6. The average Bonchev–Trinajstić information content (AvgIpc) is 2.82. The predicted molar refractivity (Wildman–Crippen MR) is 80.0 cm³/mol. The number of nitrogens with zero attached hydrogens (tertiary/aromatic N) is 2. The summed E-state index contributed by atoms with van der Waals surface area (Å²) in [6.07, 6.45) is 4.86. The zero-order chi connectivity index (χ0) is 13.8. The molecule has 0 saturated heterocycles. The fourth-order valence-electron chi connectivity index (χ4n) is 2.14. The van der Waals surface area contributed by atoms with Crippen molar-refractivity contribution in [1.82, 2.24) is 14.9 Å². The zero-order valence-corrected chi connectivity index (χ0v) is 12.4. The third kappa shape index (κ3) is 3.17. The van der Waals surface area contributed by atoms with Gasteiger partial charge in [0.15, 0.2) is 0 Å². The first-order valence-corrected chi connectivity index (χ1v) is 7.04. The summed E-state index contributed by atoms with van der Waals surface area (Å²) >= 11 is 6.40. The molecule has 0 aliphatic heterocycles. The molecule has 1 N–H and O–H groups in total. The van der Waals surface area contributed by atoms with Crippen LogP contribution in [0.1, 0.15) is 37.7 Å². The monoisotopic (exact) mass is 277 g/mol. The fourth-order valence-corrected chi connectivity index (χ4v) is 2.48. The minimum absolute atomic E-state index is 0.269. The highest BCUT2D eigenvalue weighted by Crippen LogP contribution is 2.26. The van der Waals surface area contributed by atoms with Crippen LogP contribution in [0.4, 0.5) is 0 Å². The Hall–Kier alpha value is -1.32. The van der Waals surface area contributed by atoms with Crippen LogP contribution in [0.3, 0.4) is 0 Å². The van der Waals surface area contributed by atoms with E-state index in [4.69, 9.17) is 11.6 Å². The van der Waals surface area contributed by atoms with Gasteiger partial charge in [0.25, 0.3) is 0 Å². The van der Waals surface area contributed by atoms with Crippen LogP contribution in [0.2, 0.25) is 5.02 Å². The molecule has 1 aromatic heterocycles. The number of halogens is 1. The Bertz CT molecular complexity index is 548. The molecule has 0 aliphatic carbocycles. The van der Waals surface area contributed by atoms with Gasteiger partial charge >= 0.3 is 0 Å². The van der Waals surface area contributed by atoms with Crippen LogP contribution in [-0.4, -0.2) is 16.1 Å². The van der Waals surface area contributed by atoms with Crippen molar-refractivity contribution in [3.63, 3.8) is 0 Å². The third-order valence-corrected chi connectivity index (χ3v) is 3.58. The second-order valence-electron chi connectivity index (χ2n) is 4.73. The smallest absolute Gasteiger partial charge is 0.110 e. The summed E-state index contributed by atoms with van der Waals surface area (Å²) < 4.78 is 2.03. The summed E-state index contributed by atoms with van der Waals surface area (Å²) in [6, 6.07) is 6.44. The summed E-state index contributed by atoms with van der Waals surface area (Å²) in [5.74, 6) is 0.959. The summed E-state index contributed by atoms with van der Waals surface area (Å²) in [4.78, 5) is 4.23. The molecule has 102 valence electrons. The van der Waals surface area contributed by atoms with E-state index >= 15 is 0 Å². The molecular weight excluding hydrogens is 258 g/mol. The Morgan fingerprint density at radius 1 is 1.42 bits per heavy atom. The van der Waals surface area contributed by atoms with Gasteiger partial charge in [-0.25, -0.2) is 4.98 Å².